The summed E-state index contributed by atoms with van der Waals surface area (Å²) in [5.74, 6) is 0. The zero-order chi connectivity index (χ0) is 13.4. The van der Waals surface area contributed by atoms with Gasteiger partial charge in [-0.05, 0) is 49.6 Å². The van der Waals surface area contributed by atoms with Gasteiger partial charge in [0.25, 0.3) is 0 Å². The lowest BCUT2D eigenvalue weighted by atomic mass is 10.3. The van der Waals surface area contributed by atoms with E-state index >= 15 is 0 Å². The minimum atomic E-state index is 0.462. The molecule has 0 aliphatic rings. The van der Waals surface area contributed by atoms with Gasteiger partial charge in [0.15, 0.2) is 5.11 Å². The minimum absolute atomic E-state index is 0.462. The molecule has 0 bridgehead atoms. The molecule has 1 aromatic carbocycles. The molecule has 0 saturated carbocycles. The van der Waals surface area contributed by atoms with Gasteiger partial charge in [0, 0.05) is 23.5 Å². The highest BCUT2D eigenvalue weighted by Gasteiger charge is 1.97. The highest BCUT2D eigenvalue weighted by Crippen LogP contribution is 2.13. The third-order valence-corrected chi connectivity index (χ3v) is 3.00. The average molecular weight is 284 g/mol. The van der Waals surface area contributed by atoms with E-state index in [-0.39, 0.29) is 0 Å². The molecule has 0 saturated heterocycles. The Balaban J connectivity index is 2.41. The highest BCUT2D eigenvalue weighted by atomic mass is 35.5. The van der Waals surface area contributed by atoms with E-state index in [1.807, 2.05) is 30.5 Å². The van der Waals surface area contributed by atoms with Crippen molar-refractivity contribution in [3.63, 3.8) is 0 Å². The van der Waals surface area contributed by atoms with Crippen LogP contribution in [0.3, 0.4) is 0 Å². The van der Waals surface area contributed by atoms with Gasteiger partial charge in [0.1, 0.15) is 0 Å². The number of rotatable bonds is 5. The molecule has 0 aromatic heterocycles. The number of nitrogens with zero attached hydrogens (tertiary/aromatic N) is 2. The van der Waals surface area contributed by atoms with E-state index in [0.29, 0.717) is 10.1 Å². The first-order valence-corrected chi connectivity index (χ1v) is 6.75. The van der Waals surface area contributed by atoms with Crippen LogP contribution in [0, 0.1) is 0 Å². The standard InChI is InChI=1S/C13H18ClN3S/c1-3-17(4-2)10-9-15-13(18)16-12-7-5-11(14)6-8-12/h5-9H,3-4,10H2,1-2H3,(H,16,18). The first-order valence-electron chi connectivity index (χ1n) is 5.97. The van der Waals surface area contributed by atoms with Crippen LogP contribution in [0.15, 0.2) is 29.3 Å². The fraction of sp³-hybridized carbons (Fsp3) is 0.385. The van der Waals surface area contributed by atoms with Gasteiger partial charge in [0.2, 0.25) is 0 Å². The van der Waals surface area contributed by atoms with Gasteiger partial charge in [-0.15, -0.1) is 0 Å². The van der Waals surface area contributed by atoms with E-state index in [1.54, 1.807) is 0 Å². The summed E-state index contributed by atoms with van der Waals surface area (Å²) in [5, 5.41) is 4.20. The molecule has 0 heterocycles. The first kappa shape index (κ1) is 15.1. The number of anilines is 1. The molecule has 0 aliphatic heterocycles. The van der Waals surface area contributed by atoms with Crippen molar-refractivity contribution in [3.05, 3.63) is 29.3 Å². The topological polar surface area (TPSA) is 27.6 Å². The van der Waals surface area contributed by atoms with Crippen LogP contribution in [0.5, 0.6) is 0 Å². The summed E-state index contributed by atoms with van der Waals surface area (Å²) in [6.45, 7) is 7.10. The number of hydrogen-bond donors (Lipinski definition) is 1. The Morgan fingerprint density at radius 1 is 1.33 bits per heavy atom. The smallest absolute Gasteiger partial charge is 0.196 e. The minimum Gasteiger partial charge on any atom is -0.331 e. The van der Waals surface area contributed by atoms with E-state index in [9.17, 15) is 0 Å². The van der Waals surface area contributed by atoms with Crippen LogP contribution in [-0.4, -0.2) is 35.9 Å². The number of nitrogens with one attached hydrogen (secondary N) is 1. The van der Waals surface area contributed by atoms with E-state index in [0.717, 1.165) is 25.3 Å². The van der Waals surface area contributed by atoms with Crippen LogP contribution in [0.4, 0.5) is 5.69 Å². The zero-order valence-corrected chi connectivity index (χ0v) is 12.3. The van der Waals surface area contributed by atoms with Crippen LogP contribution in [0.25, 0.3) is 0 Å². The molecule has 5 heteroatoms. The predicted octanol–water partition coefficient (Wildman–Crippen LogP) is 3.45. The van der Waals surface area contributed by atoms with Crippen molar-refractivity contribution in [1.29, 1.82) is 0 Å². The number of benzene rings is 1. The molecule has 0 atom stereocenters. The zero-order valence-electron chi connectivity index (χ0n) is 10.7. The number of hydrogen-bond acceptors (Lipinski definition) is 2. The van der Waals surface area contributed by atoms with Crippen LogP contribution in [0.1, 0.15) is 13.8 Å². The Labute approximate surface area is 119 Å². The lowest BCUT2D eigenvalue weighted by Crippen LogP contribution is -2.25. The Kier molecular flexibility index (Phi) is 6.86. The van der Waals surface area contributed by atoms with E-state index in [1.165, 1.54) is 0 Å². The van der Waals surface area contributed by atoms with Gasteiger partial charge in [-0.3, -0.25) is 4.90 Å². The second kappa shape index (κ2) is 8.19. The maximum atomic E-state index is 5.80. The molecule has 0 amide bonds. The molecule has 0 radical (unpaired) electrons. The van der Waals surface area contributed by atoms with Gasteiger partial charge in [-0.25, -0.2) is 4.99 Å². The van der Waals surface area contributed by atoms with E-state index < -0.39 is 0 Å². The fourth-order valence-corrected chi connectivity index (χ4v) is 1.73. The second-order valence-electron chi connectivity index (χ2n) is 3.73. The van der Waals surface area contributed by atoms with E-state index in [2.05, 4.69) is 29.1 Å². The summed E-state index contributed by atoms with van der Waals surface area (Å²) < 4.78 is 0. The maximum absolute atomic E-state index is 5.80. The van der Waals surface area contributed by atoms with Crippen molar-refractivity contribution in [2.24, 2.45) is 4.99 Å². The molecule has 0 unspecified atom stereocenters. The van der Waals surface area contributed by atoms with E-state index in [4.69, 9.17) is 23.8 Å². The molecule has 1 rings (SSSR count). The van der Waals surface area contributed by atoms with Gasteiger partial charge in [0.05, 0.1) is 0 Å². The van der Waals surface area contributed by atoms with Crippen molar-refractivity contribution >= 4 is 40.8 Å². The van der Waals surface area contributed by atoms with Crippen LogP contribution in [-0.2, 0) is 0 Å². The van der Waals surface area contributed by atoms with Crippen molar-refractivity contribution in [1.82, 2.24) is 4.90 Å². The summed E-state index contributed by atoms with van der Waals surface area (Å²) in [7, 11) is 0. The molecule has 0 fully saturated rings. The first-order chi connectivity index (χ1) is 8.65. The molecular weight excluding hydrogens is 266 g/mol. The Morgan fingerprint density at radius 3 is 2.50 bits per heavy atom. The van der Waals surface area contributed by atoms with Crippen molar-refractivity contribution in [2.75, 3.05) is 25.0 Å². The Hall–Kier alpha value is -0.970. The van der Waals surface area contributed by atoms with Crippen LogP contribution in [0.2, 0.25) is 5.02 Å². The molecule has 18 heavy (non-hydrogen) atoms. The monoisotopic (exact) mass is 283 g/mol. The normalized spacial score (nSPS) is 11.1. The SMILES string of the molecule is CCN(CC)CC=NC(=S)Nc1ccc(Cl)cc1. The molecular formula is C13H18ClN3S. The molecule has 0 spiro atoms. The third-order valence-electron chi connectivity index (χ3n) is 2.54. The molecule has 1 aromatic rings. The van der Waals surface area contributed by atoms with Gasteiger partial charge in [-0.2, -0.15) is 0 Å². The largest absolute Gasteiger partial charge is 0.331 e. The fourth-order valence-electron chi connectivity index (χ4n) is 1.41. The Morgan fingerprint density at radius 2 is 1.94 bits per heavy atom. The van der Waals surface area contributed by atoms with Crippen molar-refractivity contribution in [3.8, 4) is 0 Å². The lowest BCUT2D eigenvalue weighted by molar-refractivity contribution is 0.350. The maximum Gasteiger partial charge on any atom is 0.196 e. The summed E-state index contributed by atoms with van der Waals surface area (Å²) in [6.07, 6.45) is 1.83. The predicted molar refractivity (Wildman–Crippen MR) is 84.0 cm³/mol. The summed E-state index contributed by atoms with van der Waals surface area (Å²) in [4.78, 5) is 6.46. The van der Waals surface area contributed by atoms with Gasteiger partial charge >= 0.3 is 0 Å². The van der Waals surface area contributed by atoms with Crippen molar-refractivity contribution in [2.45, 2.75) is 13.8 Å². The lowest BCUT2D eigenvalue weighted by Gasteiger charge is -2.14. The molecule has 3 nitrogen and oxygen atoms in total. The van der Waals surface area contributed by atoms with Gasteiger partial charge < -0.3 is 5.32 Å². The van der Waals surface area contributed by atoms with Crippen molar-refractivity contribution < 1.29 is 0 Å². The molecule has 1 N–H and O–H groups in total. The summed E-state index contributed by atoms with van der Waals surface area (Å²) in [5.41, 5.74) is 0.893. The number of aliphatic imine (C=N–C) groups is 1. The number of halogens is 1. The quantitative estimate of drug-likeness (QED) is 0.662. The summed E-state index contributed by atoms with van der Waals surface area (Å²) >= 11 is 10.9. The second-order valence-corrected chi connectivity index (χ2v) is 4.56. The average Bonchev–Trinajstić information content (AvgIpc) is 2.37. The molecule has 0 aliphatic carbocycles. The number of thiocarbonyl (C=S) groups is 1. The highest BCUT2D eigenvalue weighted by molar-refractivity contribution is 7.80. The van der Waals surface area contributed by atoms with Gasteiger partial charge in [-0.1, -0.05) is 25.4 Å². The third kappa shape index (κ3) is 5.58. The Bertz CT molecular complexity index is 399. The van der Waals surface area contributed by atoms with Crippen LogP contribution < -0.4 is 5.32 Å². The van der Waals surface area contributed by atoms with Crippen LogP contribution >= 0.6 is 23.8 Å². The molecule has 98 valence electrons. The summed E-state index contributed by atoms with van der Waals surface area (Å²) in [6, 6.07) is 7.36.